The summed E-state index contributed by atoms with van der Waals surface area (Å²) >= 11 is 0. The van der Waals surface area contributed by atoms with Gasteiger partial charge in [-0.1, -0.05) is 13.8 Å². The summed E-state index contributed by atoms with van der Waals surface area (Å²) in [5.74, 6) is 1.24. The second-order valence-electron chi connectivity index (χ2n) is 4.61. The first-order valence-corrected chi connectivity index (χ1v) is 6.56. The van der Waals surface area contributed by atoms with E-state index in [4.69, 9.17) is 0 Å². The Morgan fingerprint density at radius 1 is 1.29 bits per heavy atom. The third-order valence-corrected chi connectivity index (χ3v) is 2.96. The Labute approximate surface area is 105 Å². The molecule has 17 heavy (non-hydrogen) atoms. The smallest absolute Gasteiger partial charge is 0.131 e. The average molecular weight is 238 g/mol. The van der Waals surface area contributed by atoms with Gasteiger partial charge in [0.1, 0.15) is 5.82 Å². The normalized spacial score (nSPS) is 10.9. The lowest BCUT2D eigenvalue weighted by molar-refractivity contribution is 0.669. The van der Waals surface area contributed by atoms with Gasteiger partial charge in [-0.2, -0.15) is 5.10 Å². The largest absolute Gasteiger partial charge is 0.360 e. The van der Waals surface area contributed by atoms with Gasteiger partial charge in [-0.05, 0) is 26.3 Å². The molecule has 0 saturated carbocycles. The van der Waals surface area contributed by atoms with Crippen LogP contribution in [0.5, 0.6) is 0 Å². The third kappa shape index (κ3) is 3.46. The molecule has 0 aromatic carbocycles. The maximum Gasteiger partial charge on any atom is 0.131 e. The van der Waals surface area contributed by atoms with E-state index in [0.29, 0.717) is 0 Å². The quantitative estimate of drug-likeness (QED) is 0.738. The van der Waals surface area contributed by atoms with Crippen molar-refractivity contribution in [3.05, 3.63) is 11.3 Å². The molecule has 0 aliphatic heterocycles. The number of nitrogens with one attached hydrogen (secondary N) is 1. The van der Waals surface area contributed by atoms with Crippen molar-refractivity contribution in [1.29, 1.82) is 0 Å². The molecule has 0 fully saturated rings. The molecule has 0 bridgehead atoms. The van der Waals surface area contributed by atoms with Crippen molar-refractivity contribution < 1.29 is 0 Å². The Hall–Kier alpha value is -1.03. The van der Waals surface area contributed by atoms with Crippen molar-refractivity contribution in [2.75, 3.05) is 25.0 Å². The van der Waals surface area contributed by atoms with Crippen molar-refractivity contribution in [2.45, 2.75) is 40.2 Å². The fraction of sp³-hybridized carbons (Fsp3) is 0.769. The second kappa shape index (κ2) is 6.64. The highest BCUT2D eigenvalue weighted by atomic mass is 15.4. The molecule has 98 valence electrons. The topological polar surface area (TPSA) is 33.1 Å². The zero-order chi connectivity index (χ0) is 12.8. The summed E-state index contributed by atoms with van der Waals surface area (Å²) in [5.41, 5.74) is 2.46. The average Bonchev–Trinajstić information content (AvgIpc) is 2.54. The Bertz CT molecular complexity index is 343. The highest BCUT2D eigenvalue weighted by molar-refractivity contribution is 5.49. The lowest BCUT2D eigenvalue weighted by Crippen LogP contribution is -2.23. The summed E-state index contributed by atoms with van der Waals surface area (Å²) in [6.07, 6.45) is 2.32. The van der Waals surface area contributed by atoms with E-state index in [0.717, 1.165) is 31.7 Å². The number of aryl methyl sites for hydroxylation is 2. The molecule has 1 aromatic heterocycles. The standard InChI is InChI=1S/C13H26N4/c1-6-8-14-10-12-11(3)15-17(5)13(12)16(4)9-7-2/h14H,6-10H2,1-5H3. The molecule has 4 nitrogen and oxygen atoms in total. The molecule has 0 saturated heterocycles. The van der Waals surface area contributed by atoms with Crippen molar-refractivity contribution in [1.82, 2.24) is 15.1 Å². The molecular formula is C13H26N4. The Morgan fingerprint density at radius 2 is 2.00 bits per heavy atom. The molecule has 0 atom stereocenters. The van der Waals surface area contributed by atoms with E-state index in [1.165, 1.54) is 17.8 Å². The monoisotopic (exact) mass is 238 g/mol. The van der Waals surface area contributed by atoms with Crippen LogP contribution < -0.4 is 10.2 Å². The molecule has 0 unspecified atom stereocenters. The molecule has 4 heteroatoms. The number of rotatable bonds is 7. The number of nitrogens with zero attached hydrogens (tertiary/aromatic N) is 3. The van der Waals surface area contributed by atoms with E-state index in [9.17, 15) is 0 Å². The first kappa shape index (κ1) is 14.0. The van der Waals surface area contributed by atoms with Gasteiger partial charge in [-0.3, -0.25) is 4.68 Å². The number of aromatic nitrogens is 2. The van der Waals surface area contributed by atoms with Crippen LogP contribution in [0.2, 0.25) is 0 Å². The molecule has 0 spiro atoms. The van der Waals surface area contributed by atoms with Crippen LogP contribution in [0.25, 0.3) is 0 Å². The minimum absolute atomic E-state index is 0.914. The van der Waals surface area contributed by atoms with Crippen LogP contribution in [0.3, 0.4) is 0 Å². The number of hydrogen-bond acceptors (Lipinski definition) is 3. The van der Waals surface area contributed by atoms with Crippen LogP contribution in [-0.2, 0) is 13.6 Å². The second-order valence-corrected chi connectivity index (χ2v) is 4.61. The molecule has 1 rings (SSSR count). The van der Waals surface area contributed by atoms with Crippen LogP contribution in [0, 0.1) is 6.92 Å². The van der Waals surface area contributed by atoms with E-state index in [1.54, 1.807) is 0 Å². The van der Waals surface area contributed by atoms with Crippen molar-refractivity contribution in [3.63, 3.8) is 0 Å². The molecule has 0 radical (unpaired) electrons. The van der Waals surface area contributed by atoms with E-state index in [2.05, 4.69) is 43.1 Å². The SMILES string of the molecule is CCCNCc1c(C)nn(C)c1N(C)CCC. The first-order valence-electron chi connectivity index (χ1n) is 6.56. The minimum Gasteiger partial charge on any atom is -0.360 e. The summed E-state index contributed by atoms with van der Waals surface area (Å²) in [6, 6.07) is 0. The van der Waals surface area contributed by atoms with Gasteiger partial charge in [-0.25, -0.2) is 0 Å². The first-order chi connectivity index (χ1) is 8.11. The van der Waals surface area contributed by atoms with Crippen molar-refractivity contribution in [3.8, 4) is 0 Å². The third-order valence-electron chi connectivity index (χ3n) is 2.96. The van der Waals surface area contributed by atoms with Crippen LogP contribution in [0.1, 0.15) is 37.9 Å². The van der Waals surface area contributed by atoms with Crippen LogP contribution >= 0.6 is 0 Å². The van der Waals surface area contributed by atoms with Gasteiger partial charge >= 0.3 is 0 Å². The van der Waals surface area contributed by atoms with Crippen LogP contribution in [0.15, 0.2) is 0 Å². The maximum absolute atomic E-state index is 4.53. The van der Waals surface area contributed by atoms with Crippen molar-refractivity contribution in [2.24, 2.45) is 7.05 Å². The van der Waals surface area contributed by atoms with Gasteiger partial charge in [0.25, 0.3) is 0 Å². The summed E-state index contributed by atoms with van der Waals surface area (Å²) in [7, 11) is 4.17. The lowest BCUT2D eigenvalue weighted by atomic mass is 10.2. The predicted octanol–water partition coefficient (Wildman–Crippen LogP) is 2.07. The molecule has 0 aliphatic carbocycles. The fourth-order valence-corrected chi connectivity index (χ4v) is 2.21. The highest BCUT2D eigenvalue weighted by Gasteiger charge is 2.15. The van der Waals surface area contributed by atoms with Gasteiger partial charge in [0.15, 0.2) is 0 Å². The Kier molecular flexibility index (Phi) is 5.48. The zero-order valence-electron chi connectivity index (χ0n) is 11.9. The summed E-state index contributed by atoms with van der Waals surface area (Å²) < 4.78 is 1.99. The molecule has 0 amide bonds. The Morgan fingerprint density at radius 3 is 2.59 bits per heavy atom. The zero-order valence-corrected chi connectivity index (χ0v) is 11.9. The van der Waals surface area contributed by atoms with Crippen LogP contribution in [-0.4, -0.2) is 29.9 Å². The Balaban J connectivity index is 2.85. The van der Waals surface area contributed by atoms with Crippen LogP contribution in [0.4, 0.5) is 5.82 Å². The van der Waals surface area contributed by atoms with E-state index < -0.39 is 0 Å². The fourth-order valence-electron chi connectivity index (χ4n) is 2.21. The summed E-state index contributed by atoms with van der Waals surface area (Å²) in [5, 5.41) is 7.99. The summed E-state index contributed by atoms with van der Waals surface area (Å²) in [4.78, 5) is 2.29. The molecule has 1 heterocycles. The van der Waals surface area contributed by atoms with Gasteiger partial charge in [0.2, 0.25) is 0 Å². The molecule has 1 N–H and O–H groups in total. The highest BCUT2D eigenvalue weighted by Crippen LogP contribution is 2.22. The predicted molar refractivity (Wildman–Crippen MR) is 73.5 cm³/mol. The lowest BCUT2D eigenvalue weighted by Gasteiger charge is -2.20. The van der Waals surface area contributed by atoms with E-state index in [-0.39, 0.29) is 0 Å². The van der Waals surface area contributed by atoms with E-state index >= 15 is 0 Å². The number of hydrogen-bond donors (Lipinski definition) is 1. The maximum atomic E-state index is 4.53. The number of anilines is 1. The molecule has 1 aromatic rings. The minimum atomic E-state index is 0.914. The summed E-state index contributed by atoms with van der Waals surface area (Å²) in [6.45, 7) is 9.52. The van der Waals surface area contributed by atoms with E-state index in [1.807, 2.05) is 11.7 Å². The molecule has 0 aliphatic rings. The molecular weight excluding hydrogens is 212 g/mol. The van der Waals surface area contributed by atoms with Gasteiger partial charge in [0.05, 0.1) is 5.69 Å². The van der Waals surface area contributed by atoms with Gasteiger partial charge in [0, 0.05) is 32.7 Å². The van der Waals surface area contributed by atoms with Crippen molar-refractivity contribution >= 4 is 5.82 Å². The van der Waals surface area contributed by atoms with Gasteiger partial charge in [-0.15, -0.1) is 0 Å². The van der Waals surface area contributed by atoms with Gasteiger partial charge < -0.3 is 10.2 Å².